The van der Waals surface area contributed by atoms with Gasteiger partial charge in [0.15, 0.2) is 5.13 Å². The highest BCUT2D eigenvalue weighted by Gasteiger charge is 2.55. The molecule has 1 aromatic rings. The molecule has 2 unspecified atom stereocenters. The zero-order chi connectivity index (χ0) is 25.8. The molecule has 0 saturated carbocycles. The Balaban J connectivity index is 1.64. The molecule has 0 aliphatic carbocycles. The number of hydrogen-bond acceptors (Lipinski definition) is 12. The minimum atomic E-state index is -1.29. The van der Waals surface area contributed by atoms with Crippen LogP contribution in [0.25, 0.3) is 0 Å². The van der Waals surface area contributed by atoms with Gasteiger partial charge in [0.2, 0.25) is 17.4 Å². The van der Waals surface area contributed by atoms with Gasteiger partial charge in [-0.15, -0.1) is 23.5 Å². The maximum absolute atomic E-state index is 12.9. The second-order valence-electron chi connectivity index (χ2n) is 9.06. The first-order valence-electron chi connectivity index (χ1n) is 10.8. The Morgan fingerprint density at radius 1 is 1.46 bits per heavy atom. The average molecular weight is 544 g/mol. The Morgan fingerprint density at radius 2 is 2.20 bits per heavy atom. The molecule has 12 nitrogen and oxygen atoms in total. The van der Waals surface area contributed by atoms with E-state index in [1.165, 1.54) is 28.4 Å². The first kappa shape index (κ1) is 27.2. The molecule has 15 heteroatoms. The Labute approximate surface area is 216 Å². The van der Waals surface area contributed by atoms with Gasteiger partial charge in [-0.2, -0.15) is 9.36 Å². The lowest BCUT2D eigenvalue weighted by Crippen LogP contribution is -2.74. The number of aromatic nitrogens is 2. The fourth-order valence-electron chi connectivity index (χ4n) is 3.31. The molecule has 2 saturated heterocycles. The monoisotopic (exact) mass is 543 g/mol. The molecule has 3 N–H and O–H groups in total. The van der Waals surface area contributed by atoms with Gasteiger partial charge in [0.25, 0.3) is 5.91 Å². The van der Waals surface area contributed by atoms with Gasteiger partial charge in [0.05, 0.1) is 39.1 Å². The highest BCUT2D eigenvalue weighted by atomic mass is 32.2. The molecule has 0 aromatic carbocycles. The predicted octanol–water partition coefficient (Wildman–Crippen LogP) is -1.05. The Bertz CT molecular complexity index is 1020. The number of aliphatic carboxylic acids is 1. The Kier molecular flexibility index (Phi) is 8.67. The zero-order valence-corrected chi connectivity index (χ0v) is 22.4. The number of carbonyl (C=O) groups excluding carboxylic acids is 3. The number of thioether (sulfide) groups is 2. The van der Waals surface area contributed by atoms with Crippen molar-refractivity contribution in [3.05, 3.63) is 17.3 Å². The molecular formula is C20H29N7O5S3. The van der Waals surface area contributed by atoms with Gasteiger partial charge >= 0.3 is 0 Å². The second kappa shape index (κ2) is 11.1. The minimum Gasteiger partial charge on any atom is -0.549 e. The van der Waals surface area contributed by atoms with Crippen LogP contribution in [-0.2, 0) is 19.2 Å². The maximum atomic E-state index is 12.9. The summed E-state index contributed by atoms with van der Waals surface area (Å²) >= 11 is 3.72. The Hall–Kier alpha value is -2.36. The van der Waals surface area contributed by atoms with Crippen molar-refractivity contribution in [1.29, 1.82) is 0 Å². The summed E-state index contributed by atoms with van der Waals surface area (Å²) in [5.74, 6) is -1.24. The highest BCUT2D eigenvalue weighted by Crippen LogP contribution is 2.43. The van der Waals surface area contributed by atoms with E-state index in [2.05, 4.69) is 41.0 Å². The number of nitrogens with two attached hydrogens (primary N) is 1. The number of carboxylic acids is 1. The first-order chi connectivity index (χ1) is 16.5. The highest BCUT2D eigenvalue weighted by molar-refractivity contribution is 8.02. The van der Waals surface area contributed by atoms with Crippen molar-refractivity contribution in [2.75, 3.05) is 58.1 Å². The third kappa shape index (κ3) is 6.45. The van der Waals surface area contributed by atoms with E-state index in [4.69, 9.17) is 10.6 Å². The number of carboxylic acid groups (broad SMARTS) is 1. The van der Waals surface area contributed by atoms with Gasteiger partial charge in [-0.25, -0.2) is 0 Å². The SMILES string of the molecule is CCON=C(C(=O)NC1C(=O)N2CC(C=CSCC[N+](C)(C)C)(C(=O)[O-])CS[C@H]12)c1nsc(N)n1. The number of fused-ring (bicyclic) bond motifs is 1. The van der Waals surface area contributed by atoms with Crippen molar-refractivity contribution < 1.29 is 28.8 Å². The van der Waals surface area contributed by atoms with E-state index >= 15 is 0 Å². The van der Waals surface area contributed by atoms with Crippen LogP contribution in [0.1, 0.15) is 12.7 Å². The molecule has 2 fully saturated rings. The second-order valence-corrected chi connectivity index (χ2v) is 12.0. The zero-order valence-electron chi connectivity index (χ0n) is 19.9. The normalized spacial score (nSPS) is 24.7. The standard InChI is InChI=1S/C20H29N7O5S3/c1-5-32-24-12(14-23-19(21)35-25-14)15(28)22-13-16(29)26-10-20(18(30)31,11-34-17(13)26)6-8-33-9-7-27(2,3)4/h6,8,13,17H,5,7,9-11H2,1-4H3,(H3-,21,22,23,25,28,30,31)/t13?,17-,20?/m1/s1. The number of quaternary nitrogens is 1. The third-order valence-electron chi connectivity index (χ3n) is 5.32. The molecule has 3 heterocycles. The van der Waals surface area contributed by atoms with E-state index in [-0.39, 0.29) is 41.5 Å². The molecule has 3 rings (SSSR count). The summed E-state index contributed by atoms with van der Waals surface area (Å²) in [6, 6.07) is -0.835. The van der Waals surface area contributed by atoms with Crippen molar-refractivity contribution >= 4 is 63.7 Å². The predicted molar refractivity (Wildman–Crippen MR) is 134 cm³/mol. The lowest BCUT2D eigenvalue weighted by Gasteiger charge is -2.54. The van der Waals surface area contributed by atoms with Crippen molar-refractivity contribution in [1.82, 2.24) is 19.6 Å². The van der Waals surface area contributed by atoms with E-state index in [0.717, 1.165) is 28.3 Å². The lowest BCUT2D eigenvalue weighted by molar-refractivity contribution is -0.867. The summed E-state index contributed by atoms with van der Waals surface area (Å²) in [4.78, 5) is 48.1. The van der Waals surface area contributed by atoms with Crippen LogP contribution in [0.4, 0.5) is 5.13 Å². The molecule has 192 valence electrons. The molecule has 2 aliphatic heterocycles. The summed E-state index contributed by atoms with van der Waals surface area (Å²) in [6.45, 7) is 2.83. The summed E-state index contributed by atoms with van der Waals surface area (Å²) in [5, 5.41) is 20.0. The fraction of sp³-hybridized carbons (Fsp3) is 0.600. The largest absolute Gasteiger partial charge is 0.549 e. The van der Waals surface area contributed by atoms with Gasteiger partial charge in [-0.05, 0) is 12.3 Å². The van der Waals surface area contributed by atoms with Crippen LogP contribution in [-0.4, -0.2) is 106 Å². The number of rotatable bonds is 11. The van der Waals surface area contributed by atoms with Crippen LogP contribution < -0.4 is 16.2 Å². The molecule has 2 aliphatic rings. The fourth-order valence-corrected chi connectivity index (χ4v) is 6.40. The number of hydrogen-bond donors (Lipinski definition) is 2. The average Bonchev–Trinajstić information content (AvgIpc) is 3.22. The van der Waals surface area contributed by atoms with Gasteiger partial charge in [0, 0.05) is 29.6 Å². The van der Waals surface area contributed by atoms with Crippen LogP contribution in [0.3, 0.4) is 0 Å². The van der Waals surface area contributed by atoms with Crippen molar-refractivity contribution in [2.24, 2.45) is 10.6 Å². The topological polar surface area (TPSA) is 163 Å². The van der Waals surface area contributed by atoms with Gasteiger partial charge in [-0.1, -0.05) is 11.2 Å². The van der Waals surface area contributed by atoms with Crippen LogP contribution in [0.2, 0.25) is 0 Å². The van der Waals surface area contributed by atoms with E-state index < -0.39 is 28.7 Å². The van der Waals surface area contributed by atoms with Gasteiger partial charge in [0.1, 0.15) is 18.0 Å². The number of amides is 2. The van der Waals surface area contributed by atoms with E-state index in [9.17, 15) is 19.5 Å². The molecular weight excluding hydrogens is 514 g/mol. The summed E-state index contributed by atoms with van der Waals surface area (Å²) < 4.78 is 4.79. The number of nitrogen functional groups attached to an aromatic ring is 1. The quantitative estimate of drug-likeness (QED) is 0.116. The number of β-lactam (4-membered cyclic amide) rings is 1. The van der Waals surface area contributed by atoms with Crippen LogP contribution in [0.5, 0.6) is 0 Å². The lowest BCUT2D eigenvalue weighted by atomic mass is 9.87. The summed E-state index contributed by atoms with van der Waals surface area (Å²) in [6.07, 6.45) is 1.62. The number of nitrogens with zero attached hydrogens (tertiary/aromatic N) is 5. The van der Waals surface area contributed by atoms with Crippen LogP contribution in [0.15, 0.2) is 16.6 Å². The maximum Gasteiger partial charge on any atom is 0.278 e. The molecule has 0 radical (unpaired) electrons. The van der Waals surface area contributed by atoms with Gasteiger partial charge in [-0.3, -0.25) is 9.59 Å². The molecule has 0 bridgehead atoms. The van der Waals surface area contributed by atoms with Gasteiger partial charge < -0.3 is 35.2 Å². The number of nitrogens with one attached hydrogen (secondary N) is 1. The molecule has 1 aromatic heterocycles. The van der Waals surface area contributed by atoms with Crippen LogP contribution in [0, 0.1) is 5.41 Å². The number of anilines is 1. The third-order valence-corrected chi connectivity index (χ3v) is 8.15. The molecule has 2 amide bonds. The van der Waals surface area contributed by atoms with Crippen LogP contribution >= 0.6 is 35.1 Å². The first-order valence-corrected chi connectivity index (χ1v) is 13.7. The summed E-state index contributed by atoms with van der Waals surface area (Å²) in [5.41, 5.74) is 4.12. The van der Waals surface area contributed by atoms with E-state index in [1.807, 2.05) is 0 Å². The van der Waals surface area contributed by atoms with Crippen molar-refractivity contribution in [3.8, 4) is 0 Å². The van der Waals surface area contributed by atoms with Crippen molar-refractivity contribution in [2.45, 2.75) is 18.3 Å². The molecule has 3 atom stereocenters. The number of oxime groups is 1. The smallest absolute Gasteiger partial charge is 0.278 e. The number of carbonyl (C=O) groups is 3. The van der Waals surface area contributed by atoms with Crippen molar-refractivity contribution in [3.63, 3.8) is 0 Å². The minimum absolute atomic E-state index is 0.00208. The molecule has 35 heavy (non-hydrogen) atoms. The van der Waals surface area contributed by atoms with E-state index in [1.54, 1.807) is 18.4 Å². The Morgan fingerprint density at radius 3 is 2.80 bits per heavy atom. The molecule has 0 spiro atoms. The summed E-state index contributed by atoms with van der Waals surface area (Å²) in [7, 11) is 6.26. The van der Waals surface area contributed by atoms with E-state index in [0.29, 0.717) is 0 Å².